The summed E-state index contributed by atoms with van der Waals surface area (Å²) in [5, 5.41) is 6.21. The molecule has 1 atom stereocenters. The minimum Gasteiger partial charge on any atom is -0.476 e. The molecule has 1 aliphatic heterocycles. The van der Waals surface area contributed by atoms with Gasteiger partial charge < -0.3 is 14.6 Å². The zero-order valence-corrected chi connectivity index (χ0v) is 13.3. The van der Waals surface area contributed by atoms with Crippen molar-refractivity contribution in [2.24, 2.45) is 0 Å². The predicted octanol–water partition coefficient (Wildman–Crippen LogP) is 1.15. The Morgan fingerprint density at radius 2 is 2.13 bits per heavy atom. The fraction of sp³-hybridized carbons (Fsp3) is 0.286. The second-order valence-electron chi connectivity index (χ2n) is 5.18. The summed E-state index contributed by atoms with van der Waals surface area (Å²) < 4.78 is 35.6. The highest BCUT2D eigenvalue weighted by Crippen LogP contribution is 2.34. The average molecular weight is 337 g/mol. The van der Waals surface area contributed by atoms with Crippen LogP contribution in [-0.4, -0.2) is 38.4 Å². The number of ether oxygens (including phenoxy) is 1. The van der Waals surface area contributed by atoms with Crippen LogP contribution in [0, 0.1) is 6.92 Å². The maximum absolute atomic E-state index is 12.3. The Morgan fingerprint density at radius 1 is 1.39 bits per heavy atom. The Labute approximate surface area is 133 Å². The number of nitrogens with one attached hydrogen (secondary N) is 1. The number of carbonyl (C=O) groups is 1. The highest BCUT2D eigenvalue weighted by atomic mass is 32.2. The number of hydrogen-bond acceptors (Lipinski definition) is 6. The zero-order chi connectivity index (χ0) is 16.6. The van der Waals surface area contributed by atoms with Crippen LogP contribution < -0.4 is 14.4 Å². The molecule has 23 heavy (non-hydrogen) atoms. The van der Waals surface area contributed by atoms with Gasteiger partial charge in [0.1, 0.15) is 11.5 Å². The molecule has 0 aliphatic carbocycles. The molecule has 0 spiro atoms. The van der Waals surface area contributed by atoms with Crippen molar-refractivity contribution in [2.75, 3.05) is 22.4 Å². The maximum Gasteiger partial charge on any atom is 0.268 e. The second-order valence-corrected chi connectivity index (χ2v) is 7.09. The number of aromatic nitrogens is 1. The lowest BCUT2D eigenvalue weighted by atomic mass is 10.2. The second kappa shape index (κ2) is 5.58. The SMILES string of the molecule is Cc1cc(NC(=O)C2CN(S(C)(=O)=O)c3ccccc3O2)no1. The third-order valence-corrected chi connectivity index (χ3v) is 4.45. The Morgan fingerprint density at radius 3 is 2.78 bits per heavy atom. The molecular formula is C14H15N3O5S. The Bertz CT molecular complexity index is 846. The number of aryl methyl sites for hydroxylation is 1. The lowest BCUT2D eigenvalue weighted by Gasteiger charge is -2.33. The van der Waals surface area contributed by atoms with Crippen molar-refractivity contribution < 1.29 is 22.5 Å². The van der Waals surface area contributed by atoms with Crippen molar-refractivity contribution in [1.29, 1.82) is 0 Å². The normalized spacial score (nSPS) is 17.3. The van der Waals surface area contributed by atoms with E-state index in [4.69, 9.17) is 9.26 Å². The lowest BCUT2D eigenvalue weighted by Crippen LogP contribution is -2.48. The topological polar surface area (TPSA) is 102 Å². The van der Waals surface area contributed by atoms with E-state index >= 15 is 0 Å². The fourth-order valence-electron chi connectivity index (χ4n) is 2.28. The van der Waals surface area contributed by atoms with E-state index in [1.165, 1.54) is 0 Å². The molecule has 1 aliphatic rings. The number of fused-ring (bicyclic) bond motifs is 1. The van der Waals surface area contributed by atoms with Gasteiger partial charge in [0.2, 0.25) is 10.0 Å². The van der Waals surface area contributed by atoms with Crippen LogP contribution in [0.15, 0.2) is 34.9 Å². The molecule has 9 heteroatoms. The molecule has 8 nitrogen and oxygen atoms in total. The van der Waals surface area contributed by atoms with Crippen molar-refractivity contribution in [2.45, 2.75) is 13.0 Å². The van der Waals surface area contributed by atoms with Gasteiger partial charge in [-0.15, -0.1) is 0 Å². The number of anilines is 2. The van der Waals surface area contributed by atoms with Crippen LogP contribution >= 0.6 is 0 Å². The van der Waals surface area contributed by atoms with Gasteiger partial charge in [-0.2, -0.15) is 0 Å². The number of benzene rings is 1. The summed E-state index contributed by atoms with van der Waals surface area (Å²) in [5.41, 5.74) is 0.413. The molecule has 0 radical (unpaired) electrons. The number of sulfonamides is 1. The standard InChI is InChI=1S/C14H15N3O5S/c1-9-7-13(16-22-9)15-14(18)12-8-17(23(2,19)20)10-5-3-4-6-11(10)21-12/h3-7,12H,8H2,1-2H3,(H,15,16,18). The van der Waals surface area contributed by atoms with E-state index < -0.39 is 22.0 Å². The number of rotatable bonds is 3. The minimum absolute atomic E-state index is 0.113. The Balaban J connectivity index is 1.86. The van der Waals surface area contributed by atoms with Gasteiger partial charge in [-0.05, 0) is 19.1 Å². The van der Waals surface area contributed by atoms with Gasteiger partial charge in [-0.3, -0.25) is 9.10 Å². The first kappa shape index (κ1) is 15.3. The van der Waals surface area contributed by atoms with E-state index in [0.29, 0.717) is 17.2 Å². The van der Waals surface area contributed by atoms with E-state index in [1.54, 1.807) is 37.3 Å². The summed E-state index contributed by atoms with van der Waals surface area (Å²) in [6, 6.07) is 8.22. The summed E-state index contributed by atoms with van der Waals surface area (Å²) in [4.78, 5) is 12.3. The molecule has 0 bridgehead atoms. The van der Waals surface area contributed by atoms with Crippen LogP contribution in [0.25, 0.3) is 0 Å². The van der Waals surface area contributed by atoms with Gasteiger partial charge in [-0.1, -0.05) is 17.3 Å². The zero-order valence-electron chi connectivity index (χ0n) is 12.5. The molecule has 122 valence electrons. The molecule has 0 saturated heterocycles. The third kappa shape index (κ3) is 3.14. The molecule has 1 aromatic carbocycles. The van der Waals surface area contributed by atoms with Crippen LogP contribution in [0.5, 0.6) is 5.75 Å². The molecule has 1 unspecified atom stereocenters. The van der Waals surface area contributed by atoms with E-state index in [1.807, 2.05) is 0 Å². The molecule has 0 fully saturated rings. The van der Waals surface area contributed by atoms with E-state index in [2.05, 4.69) is 10.5 Å². The highest BCUT2D eigenvalue weighted by molar-refractivity contribution is 7.92. The molecule has 1 amide bonds. The van der Waals surface area contributed by atoms with Gasteiger partial charge in [0.15, 0.2) is 11.9 Å². The van der Waals surface area contributed by atoms with Gasteiger partial charge in [0.05, 0.1) is 18.5 Å². The molecule has 0 saturated carbocycles. The van der Waals surface area contributed by atoms with Crippen LogP contribution in [0.2, 0.25) is 0 Å². The lowest BCUT2D eigenvalue weighted by molar-refractivity contribution is -0.122. The van der Waals surface area contributed by atoms with Crippen LogP contribution in [-0.2, 0) is 14.8 Å². The number of carbonyl (C=O) groups excluding carboxylic acids is 1. The average Bonchev–Trinajstić information content (AvgIpc) is 2.90. The van der Waals surface area contributed by atoms with Crippen LogP contribution in [0.4, 0.5) is 11.5 Å². The van der Waals surface area contributed by atoms with E-state index in [9.17, 15) is 13.2 Å². The van der Waals surface area contributed by atoms with Gasteiger partial charge in [0.25, 0.3) is 5.91 Å². The first-order valence-corrected chi connectivity index (χ1v) is 8.67. The molecule has 2 heterocycles. The Kier molecular flexibility index (Phi) is 3.72. The predicted molar refractivity (Wildman–Crippen MR) is 82.9 cm³/mol. The smallest absolute Gasteiger partial charge is 0.268 e. The van der Waals surface area contributed by atoms with Crippen LogP contribution in [0.3, 0.4) is 0 Å². The third-order valence-electron chi connectivity index (χ3n) is 3.31. The fourth-order valence-corrected chi connectivity index (χ4v) is 3.20. The molecule has 2 aromatic rings. The van der Waals surface area contributed by atoms with Crippen molar-refractivity contribution in [1.82, 2.24) is 5.16 Å². The minimum atomic E-state index is -3.54. The maximum atomic E-state index is 12.3. The van der Waals surface area contributed by atoms with Crippen molar-refractivity contribution >= 4 is 27.4 Å². The first-order chi connectivity index (χ1) is 10.8. The molecule has 3 rings (SSSR count). The van der Waals surface area contributed by atoms with E-state index in [-0.39, 0.29) is 12.4 Å². The van der Waals surface area contributed by atoms with Gasteiger partial charge in [0, 0.05) is 6.07 Å². The van der Waals surface area contributed by atoms with Crippen LogP contribution in [0.1, 0.15) is 5.76 Å². The summed E-state index contributed by atoms with van der Waals surface area (Å²) in [7, 11) is -3.54. The molecule has 1 N–H and O–H groups in total. The van der Waals surface area contributed by atoms with E-state index in [0.717, 1.165) is 10.6 Å². The van der Waals surface area contributed by atoms with Crippen molar-refractivity contribution in [3.05, 3.63) is 36.1 Å². The monoisotopic (exact) mass is 337 g/mol. The van der Waals surface area contributed by atoms with Gasteiger partial charge >= 0.3 is 0 Å². The number of para-hydroxylation sites is 2. The summed E-state index contributed by atoms with van der Waals surface area (Å²) in [6.45, 7) is 1.58. The summed E-state index contributed by atoms with van der Waals surface area (Å²) in [5.74, 6) is 0.635. The highest BCUT2D eigenvalue weighted by Gasteiger charge is 2.35. The Hall–Kier alpha value is -2.55. The molecular weight excluding hydrogens is 322 g/mol. The quantitative estimate of drug-likeness (QED) is 0.901. The van der Waals surface area contributed by atoms with Crippen molar-refractivity contribution in [3.63, 3.8) is 0 Å². The summed E-state index contributed by atoms with van der Waals surface area (Å²) in [6.07, 6.45) is 0.0991. The number of hydrogen-bond donors (Lipinski definition) is 1. The first-order valence-electron chi connectivity index (χ1n) is 6.82. The summed E-state index contributed by atoms with van der Waals surface area (Å²) >= 11 is 0. The van der Waals surface area contributed by atoms with Gasteiger partial charge in [-0.25, -0.2) is 8.42 Å². The number of amides is 1. The van der Waals surface area contributed by atoms with Crippen molar-refractivity contribution in [3.8, 4) is 5.75 Å². The largest absolute Gasteiger partial charge is 0.476 e. The molecule has 1 aromatic heterocycles. The number of nitrogens with zero attached hydrogens (tertiary/aromatic N) is 2.